The summed E-state index contributed by atoms with van der Waals surface area (Å²) in [5.74, 6) is -0.315. The van der Waals surface area contributed by atoms with Gasteiger partial charge in [-0.05, 0) is 0 Å². The fourth-order valence-corrected chi connectivity index (χ4v) is 0.493. The summed E-state index contributed by atoms with van der Waals surface area (Å²) < 4.78 is 20.7. The number of carbonyl (C=O) groups is 4. The van der Waals surface area contributed by atoms with Crippen LogP contribution in [-0.2, 0) is 38.1 Å². The largest absolute Gasteiger partial charge is 0.469 e. The molecule has 0 rings (SSSR count). The number of alkyl carbamates (subject to hydrolysis) is 2. The van der Waals surface area contributed by atoms with Gasteiger partial charge in [0.25, 0.3) is 6.26 Å². The van der Waals surface area contributed by atoms with Gasteiger partial charge in [-0.15, -0.1) is 0 Å². The minimum atomic E-state index is -0.407. The van der Waals surface area contributed by atoms with E-state index in [2.05, 4.69) is 39.3 Å². The molecule has 0 aliphatic carbocycles. The van der Waals surface area contributed by atoms with E-state index in [1.54, 1.807) is 13.8 Å². The summed E-state index contributed by atoms with van der Waals surface area (Å²) in [6, 6.07) is 0. The number of nitriles is 1. The minimum absolute atomic E-state index is 0.157. The molecule has 0 saturated carbocycles. The normalized spacial score (nSPS) is 6.53. The van der Waals surface area contributed by atoms with Crippen LogP contribution in [0.4, 0.5) is 9.59 Å². The van der Waals surface area contributed by atoms with Gasteiger partial charge in [0, 0.05) is 34.0 Å². The van der Waals surface area contributed by atoms with E-state index < -0.39 is 12.2 Å². The summed E-state index contributed by atoms with van der Waals surface area (Å²) in [5.41, 5.74) is 0. The molecule has 14 heteroatoms. The number of carbonyl (C=O) groups excluding carboxylic acids is 5. The van der Waals surface area contributed by atoms with Gasteiger partial charge in [0.2, 0.25) is 6.08 Å². The summed E-state index contributed by atoms with van der Waals surface area (Å²) in [6.07, 6.45) is 2.86. The van der Waals surface area contributed by atoms with E-state index in [1.165, 1.54) is 69.0 Å². The molecule has 0 aromatic rings. The van der Waals surface area contributed by atoms with E-state index in [9.17, 15) is 19.2 Å². The standard InChI is InChI=1S/2C4H8O2.2C3H7NO2.2C2H3NO/c2*1-3-4(5)6-2;2*1-4-3(5)6-2;1-4-2-3;1-3-2-4/h2*3H2,1-2H3;2*1-2H3,(H,4,5);2*1H3. The van der Waals surface area contributed by atoms with Gasteiger partial charge in [0.1, 0.15) is 0 Å². The minimum Gasteiger partial charge on any atom is -0.469 e. The second-order valence-electron chi connectivity index (χ2n) is 3.95. The zero-order chi connectivity index (χ0) is 26.8. The number of nitrogens with zero attached hydrogens (tertiary/aromatic N) is 2. The van der Waals surface area contributed by atoms with Gasteiger partial charge in [0.05, 0.1) is 35.5 Å². The third-order valence-corrected chi connectivity index (χ3v) is 1.99. The van der Waals surface area contributed by atoms with Crippen LogP contribution in [0.2, 0.25) is 0 Å². The third-order valence-electron chi connectivity index (χ3n) is 1.99. The number of nitrogens with one attached hydrogen (secondary N) is 2. The fraction of sp³-hybridized carbons (Fsp3) is 0.667. The predicted octanol–water partition coefficient (Wildman–Crippen LogP) is 1.15. The maximum absolute atomic E-state index is 9.96. The van der Waals surface area contributed by atoms with Crippen LogP contribution in [0.3, 0.4) is 0 Å². The number of esters is 2. The number of aliphatic imine (C=N–C) groups is 1. The van der Waals surface area contributed by atoms with Crippen molar-refractivity contribution in [3.63, 3.8) is 0 Å². The smallest absolute Gasteiger partial charge is 0.406 e. The molecule has 2 N–H and O–H groups in total. The van der Waals surface area contributed by atoms with Gasteiger partial charge >= 0.3 is 24.1 Å². The van der Waals surface area contributed by atoms with Crippen LogP contribution in [0.25, 0.3) is 0 Å². The van der Waals surface area contributed by atoms with Crippen molar-refractivity contribution < 1.29 is 47.7 Å². The van der Waals surface area contributed by atoms with Gasteiger partial charge in [-0.25, -0.2) is 19.4 Å². The maximum Gasteiger partial charge on any atom is 0.406 e. The number of rotatable bonds is 2. The first-order chi connectivity index (χ1) is 15.1. The lowest BCUT2D eigenvalue weighted by molar-refractivity contribution is -0.141. The lowest BCUT2D eigenvalue weighted by Gasteiger charge is -1.90. The molecule has 0 radical (unpaired) electrons. The van der Waals surface area contributed by atoms with Crippen molar-refractivity contribution in [3.05, 3.63) is 0 Å². The Morgan fingerprint density at radius 2 is 1.03 bits per heavy atom. The molecule has 0 atom stereocenters. The van der Waals surface area contributed by atoms with Crippen molar-refractivity contribution in [1.82, 2.24) is 10.6 Å². The number of methoxy groups -OCH3 is 5. The summed E-state index contributed by atoms with van der Waals surface area (Å²) in [5, 5.41) is 11.9. The molecule has 0 aliphatic heterocycles. The molecule has 0 saturated heterocycles. The number of hydrogen-bond donors (Lipinski definition) is 2. The quantitative estimate of drug-likeness (QED) is 0.194. The molecule has 0 aliphatic rings. The topological polar surface area (TPSA) is 192 Å². The Bertz CT molecular complexity index is 442. The molecular weight excluding hydrogens is 432 g/mol. The number of isocyanates is 1. The molecule has 0 fully saturated rings. The van der Waals surface area contributed by atoms with Crippen LogP contribution in [0.1, 0.15) is 26.7 Å². The lowest BCUT2D eigenvalue weighted by Crippen LogP contribution is -2.16. The lowest BCUT2D eigenvalue weighted by atomic mass is 10.5. The first-order valence-corrected chi connectivity index (χ1v) is 8.60. The highest BCUT2D eigenvalue weighted by molar-refractivity contribution is 5.68. The van der Waals surface area contributed by atoms with Crippen LogP contribution in [0.5, 0.6) is 0 Å². The second kappa shape index (κ2) is 45.7. The highest BCUT2D eigenvalue weighted by atomic mass is 16.5. The van der Waals surface area contributed by atoms with E-state index >= 15 is 0 Å². The maximum atomic E-state index is 9.96. The predicted molar refractivity (Wildman–Crippen MR) is 114 cm³/mol. The monoisotopic (exact) mass is 468 g/mol. The molecule has 14 nitrogen and oxygen atoms in total. The SMILES string of the molecule is CCC(=O)OC.CCC(=O)OC.CN=C=O.CNC(=O)OC.CNC(=O)OC.COC#N. The number of ether oxygens (including phenoxy) is 5. The molecule has 0 spiro atoms. The molecule has 0 aromatic heterocycles. The van der Waals surface area contributed by atoms with Gasteiger partial charge in [0.15, 0.2) is 0 Å². The van der Waals surface area contributed by atoms with E-state index in [0.29, 0.717) is 12.8 Å². The van der Waals surface area contributed by atoms with Crippen LogP contribution < -0.4 is 10.6 Å². The molecule has 0 heterocycles. The van der Waals surface area contributed by atoms with E-state index in [-0.39, 0.29) is 11.9 Å². The first kappa shape index (κ1) is 42.3. The van der Waals surface area contributed by atoms with Gasteiger partial charge in [-0.2, -0.15) is 5.26 Å². The molecular formula is C18H36N4O10. The van der Waals surface area contributed by atoms with Crippen molar-refractivity contribution >= 4 is 30.2 Å². The number of amides is 2. The molecule has 32 heavy (non-hydrogen) atoms. The van der Waals surface area contributed by atoms with Crippen molar-refractivity contribution in [2.24, 2.45) is 4.99 Å². The Balaban J connectivity index is -0.0000000639. The Hall–Kier alpha value is -3.85. The third kappa shape index (κ3) is 82.6. The van der Waals surface area contributed by atoms with Crippen LogP contribution in [0.15, 0.2) is 4.99 Å². The molecule has 188 valence electrons. The van der Waals surface area contributed by atoms with Crippen molar-refractivity contribution in [2.75, 3.05) is 56.7 Å². The average Bonchev–Trinajstić information content (AvgIpc) is 2.87. The van der Waals surface area contributed by atoms with E-state index in [0.717, 1.165) is 0 Å². The Morgan fingerprint density at radius 3 is 1.03 bits per heavy atom. The van der Waals surface area contributed by atoms with E-state index in [1.807, 2.05) is 0 Å². The Kier molecular flexibility index (Phi) is 60.4. The Morgan fingerprint density at radius 1 is 0.781 bits per heavy atom. The first-order valence-electron chi connectivity index (χ1n) is 8.60. The number of hydrogen-bond acceptors (Lipinski definition) is 12. The summed E-state index contributed by atoms with van der Waals surface area (Å²) in [4.78, 5) is 51.4. The zero-order valence-electron chi connectivity index (χ0n) is 20.4. The fourth-order valence-electron chi connectivity index (χ4n) is 0.493. The van der Waals surface area contributed by atoms with Crippen LogP contribution in [0, 0.1) is 11.5 Å². The summed E-state index contributed by atoms with van der Waals surface area (Å²) in [6.45, 7) is 3.51. The molecule has 2 amide bonds. The van der Waals surface area contributed by atoms with Gasteiger partial charge in [-0.1, -0.05) is 13.8 Å². The molecule has 0 unspecified atom stereocenters. The van der Waals surface area contributed by atoms with Crippen molar-refractivity contribution in [2.45, 2.75) is 26.7 Å². The van der Waals surface area contributed by atoms with Crippen LogP contribution in [-0.4, -0.2) is 86.9 Å². The Labute approximate surface area is 189 Å². The van der Waals surface area contributed by atoms with Crippen molar-refractivity contribution in [3.8, 4) is 6.26 Å². The molecule has 0 bridgehead atoms. The summed E-state index contributed by atoms with van der Waals surface area (Å²) >= 11 is 0. The van der Waals surface area contributed by atoms with Gasteiger partial charge in [-0.3, -0.25) is 9.59 Å². The molecule has 0 aromatic carbocycles. The highest BCUT2D eigenvalue weighted by Crippen LogP contribution is 1.76. The summed E-state index contributed by atoms with van der Waals surface area (Å²) in [7, 11) is 11.1. The average molecular weight is 469 g/mol. The van der Waals surface area contributed by atoms with E-state index in [4.69, 9.17) is 10.1 Å². The zero-order valence-corrected chi connectivity index (χ0v) is 20.4. The second-order valence-corrected chi connectivity index (χ2v) is 3.95. The van der Waals surface area contributed by atoms with Crippen LogP contribution >= 0.6 is 0 Å². The van der Waals surface area contributed by atoms with Crippen molar-refractivity contribution in [1.29, 1.82) is 5.26 Å². The van der Waals surface area contributed by atoms with Gasteiger partial charge < -0.3 is 34.3 Å². The highest BCUT2D eigenvalue weighted by Gasteiger charge is 1.88.